The van der Waals surface area contributed by atoms with Crippen LogP contribution in [-0.2, 0) is 12.8 Å². The zero-order valence-electron chi connectivity index (χ0n) is 14.7. The summed E-state index contributed by atoms with van der Waals surface area (Å²) in [5.41, 5.74) is 4.63. The van der Waals surface area contributed by atoms with Crippen LogP contribution in [0.2, 0.25) is 0 Å². The molecule has 1 atom stereocenters. The van der Waals surface area contributed by atoms with E-state index in [1.165, 1.54) is 11.1 Å². The van der Waals surface area contributed by atoms with Crippen LogP contribution in [0.3, 0.4) is 0 Å². The summed E-state index contributed by atoms with van der Waals surface area (Å²) in [6.45, 7) is 5.00. The van der Waals surface area contributed by atoms with Crippen LogP contribution in [-0.4, -0.2) is 35.9 Å². The van der Waals surface area contributed by atoms with Crippen LogP contribution in [0.15, 0.2) is 41.4 Å². The summed E-state index contributed by atoms with van der Waals surface area (Å²) in [6.07, 6.45) is 5.11. The Hall–Kier alpha value is -2.36. The monoisotopic (exact) mass is 323 g/mol. The van der Waals surface area contributed by atoms with Crippen molar-refractivity contribution < 1.29 is 4.74 Å². The van der Waals surface area contributed by atoms with Crippen molar-refractivity contribution in [3.8, 4) is 5.88 Å². The molecule has 0 amide bonds. The standard InChI is InChI=1S/C20H25N3O/c1-4-23(3)14-21-19-11-12-20(22-15(19)2)24-18-10-9-16-7-5-6-8-17(16)13-18/h5-8,11-12,14,18H,4,9-10,13H2,1-3H3/b21-14+. The fraction of sp³-hybridized carbons (Fsp3) is 0.400. The van der Waals surface area contributed by atoms with Crippen molar-refractivity contribution in [3.63, 3.8) is 0 Å². The summed E-state index contributed by atoms with van der Waals surface area (Å²) in [5.74, 6) is 0.694. The number of aryl methyl sites for hydroxylation is 2. The highest BCUT2D eigenvalue weighted by molar-refractivity contribution is 5.62. The van der Waals surface area contributed by atoms with Crippen LogP contribution in [0.4, 0.5) is 5.69 Å². The second-order valence-electron chi connectivity index (χ2n) is 6.32. The minimum absolute atomic E-state index is 0.201. The maximum absolute atomic E-state index is 6.12. The summed E-state index contributed by atoms with van der Waals surface area (Å²) in [7, 11) is 2.00. The molecular formula is C20H25N3O. The predicted molar refractivity (Wildman–Crippen MR) is 98.3 cm³/mol. The number of rotatable bonds is 5. The third kappa shape index (κ3) is 3.94. The molecule has 126 valence electrons. The number of hydrogen-bond acceptors (Lipinski definition) is 3. The lowest BCUT2D eigenvalue weighted by molar-refractivity contribution is 0.177. The van der Waals surface area contributed by atoms with Gasteiger partial charge in [-0.05, 0) is 43.9 Å². The van der Waals surface area contributed by atoms with Gasteiger partial charge in [0.2, 0.25) is 5.88 Å². The fourth-order valence-electron chi connectivity index (χ4n) is 2.91. The molecule has 1 heterocycles. The maximum Gasteiger partial charge on any atom is 0.213 e. The number of ether oxygens (including phenoxy) is 1. The molecule has 2 aromatic rings. The second-order valence-corrected chi connectivity index (χ2v) is 6.32. The lowest BCUT2D eigenvalue weighted by atomic mass is 9.90. The van der Waals surface area contributed by atoms with E-state index < -0.39 is 0 Å². The molecule has 4 heteroatoms. The summed E-state index contributed by atoms with van der Waals surface area (Å²) in [6, 6.07) is 12.5. The molecule has 0 N–H and O–H groups in total. The van der Waals surface area contributed by atoms with Gasteiger partial charge in [0, 0.05) is 26.1 Å². The Kier molecular flexibility index (Phi) is 5.14. The van der Waals surface area contributed by atoms with Gasteiger partial charge >= 0.3 is 0 Å². The van der Waals surface area contributed by atoms with Crippen LogP contribution in [0.25, 0.3) is 0 Å². The minimum atomic E-state index is 0.201. The average Bonchev–Trinajstić information content (AvgIpc) is 2.60. The molecule has 24 heavy (non-hydrogen) atoms. The zero-order chi connectivity index (χ0) is 16.9. The molecule has 0 fully saturated rings. The Morgan fingerprint density at radius 2 is 2.04 bits per heavy atom. The van der Waals surface area contributed by atoms with E-state index in [9.17, 15) is 0 Å². The molecule has 0 radical (unpaired) electrons. The molecule has 1 aliphatic rings. The first kappa shape index (κ1) is 16.5. The van der Waals surface area contributed by atoms with E-state index >= 15 is 0 Å². The van der Waals surface area contributed by atoms with Crippen LogP contribution in [0, 0.1) is 6.92 Å². The molecular weight excluding hydrogens is 298 g/mol. The van der Waals surface area contributed by atoms with Gasteiger partial charge in [-0.2, -0.15) is 0 Å². The van der Waals surface area contributed by atoms with Gasteiger partial charge in [-0.15, -0.1) is 0 Å². The third-order valence-corrected chi connectivity index (χ3v) is 4.51. The third-order valence-electron chi connectivity index (χ3n) is 4.51. The summed E-state index contributed by atoms with van der Waals surface area (Å²) in [5, 5.41) is 0. The van der Waals surface area contributed by atoms with Crippen molar-refractivity contribution in [1.82, 2.24) is 9.88 Å². The SMILES string of the molecule is CCN(C)/C=N/c1ccc(OC2CCc3ccccc3C2)nc1C. The van der Waals surface area contributed by atoms with Crippen LogP contribution in [0.5, 0.6) is 5.88 Å². The Labute approximate surface area is 144 Å². The molecule has 3 rings (SSSR count). The molecule has 0 aliphatic heterocycles. The number of benzene rings is 1. The number of nitrogens with zero attached hydrogens (tertiary/aromatic N) is 3. The maximum atomic E-state index is 6.12. The van der Waals surface area contributed by atoms with Gasteiger partial charge in [-0.1, -0.05) is 24.3 Å². The lowest BCUT2D eigenvalue weighted by Crippen LogP contribution is -2.25. The smallest absolute Gasteiger partial charge is 0.213 e. The van der Waals surface area contributed by atoms with Crippen molar-refractivity contribution in [2.45, 2.75) is 39.2 Å². The zero-order valence-corrected chi connectivity index (χ0v) is 14.7. The van der Waals surface area contributed by atoms with E-state index in [4.69, 9.17) is 4.74 Å². The van der Waals surface area contributed by atoms with Gasteiger partial charge < -0.3 is 9.64 Å². The van der Waals surface area contributed by atoms with E-state index in [1.54, 1.807) is 0 Å². The van der Waals surface area contributed by atoms with Crippen molar-refractivity contribution in [2.75, 3.05) is 13.6 Å². The highest BCUT2D eigenvalue weighted by Crippen LogP contribution is 2.26. The summed E-state index contributed by atoms with van der Waals surface area (Å²) < 4.78 is 6.12. The highest BCUT2D eigenvalue weighted by Gasteiger charge is 2.20. The number of fused-ring (bicyclic) bond motifs is 1. The Bertz CT molecular complexity index is 727. The highest BCUT2D eigenvalue weighted by atomic mass is 16.5. The summed E-state index contributed by atoms with van der Waals surface area (Å²) in [4.78, 5) is 11.1. The minimum Gasteiger partial charge on any atom is -0.474 e. The van der Waals surface area contributed by atoms with Crippen LogP contribution >= 0.6 is 0 Å². The molecule has 0 spiro atoms. The topological polar surface area (TPSA) is 37.7 Å². The van der Waals surface area contributed by atoms with Crippen molar-refractivity contribution in [3.05, 3.63) is 53.2 Å². The van der Waals surface area contributed by atoms with Gasteiger partial charge in [0.1, 0.15) is 6.10 Å². The molecule has 1 aromatic heterocycles. The summed E-state index contributed by atoms with van der Waals surface area (Å²) >= 11 is 0. The normalized spacial score (nSPS) is 16.9. The van der Waals surface area contributed by atoms with E-state index in [1.807, 2.05) is 37.3 Å². The number of pyridine rings is 1. The largest absolute Gasteiger partial charge is 0.474 e. The van der Waals surface area contributed by atoms with Crippen LogP contribution in [0.1, 0.15) is 30.2 Å². The molecule has 1 aliphatic carbocycles. The van der Waals surface area contributed by atoms with E-state index in [0.717, 1.165) is 37.2 Å². The van der Waals surface area contributed by atoms with Gasteiger partial charge in [0.25, 0.3) is 0 Å². The van der Waals surface area contributed by atoms with Crippen LogP contribution < -0.4 is 4.74 Å². The van der Waals surface area contributed by atoms with Gasteiger partial charge in [-0.3, -0.25) is 0 Å². The van der Waals surface area contributed by atoms with Crippen molar-refractivity contribution in [2.24, 2.45) is 4.99 Å². The molecule has 0 saturated heterocycles. The van der Waals surface area contributed by atoms with Gasteiger partial charge in [-0.25, -0.2) is 9.98 Å². The Morgan fingerprint density at radius 3 is 2.79 bits per heavy atom. The average molecular weight is 323 g/mol. The molecule has 1 unspecified atom stereocenters. The first-order chi connectivity index (χ1) is 11.7. The predicted octanol–water partition coefficient (Wildman–Crippen LogP) is 3.94. The number of hydrogen-bond donors (Lipinski definition) is 0. The quantitative estimate of drug-likeness (QED) is 0.618. The lowest BCUT2D eigenvalue weighted by Gasteiger charge is -2.25. The second kappa shape index (κ2) is 7.47. The van der Waals surface area contributed by atoms with Crippen molar-refractivity contribution in [1.29, 1.82) is 0 Å². The van der Waals surface area contributed by atoms with Crippen molar-refractivity contribution >= 4 is 12.0 Å². The molecule has 0 bridgehead atoms. The molecule has 4 nitrogen and oxygen atoms in total. The first-order valence-corrected chi connectivity index (χ1v) is 8.61. The molecule has 0 saturated carbocycles. The van der Waals surface area contributed by atoms with Gasteiger partial charge in [0.15, 0.2) is 0 Å². The number of aliphatic imine (C=N–C) groups is 1. The van der Waals surface area contributed by atoms with E-state index in [-0.39, 0.29) is 6.10 Å². The molecule has 1 aromatic carbocycles. The Morgan fingerprint density at radius 1 is 1.25 bits per heavy atom. The Balaban J connectivity index is 1.66. The first-order valence-electron chi connectivity index (χ1n) is 8.61. The van der Waals surface area contributed by atoms with Gasteiger partial charge in [0.05, 0.1) is 17.7 Å². The van der Waals surface area contributed by atoms with E-state index in [2.05, 4.69) is 41.2 Å². The van der Waals surface area contributed by atoms with E-state index in [0.29, 0.717) is 5.88 Å². The fourth-order valence-corrected chi connectivity index (χ4v) is 2.91. The number of aromatic nitrogens is 1.